The van der Waals surface area contributed by atoms with Gasteiger partial charge in [-0.15, -0.1) is 0 Å². The van der Waals surface area contributed by atoms with E-state index < -0.39 is 0 Å². The van der Waals surface area contributed by atoms with Gasteiger partial charge in [0.05, 0.1) is 18.6 Å². The zero-order chi connectivity index (χ0) is 10.1. The Balaban J connectivity index is 2.22. The summed E-state index contributed by atoms with van der Waals surface area (Å²) in [5.41, 5.74) is 0.952. The fourth-order valence-electron chi connectivity index (χ4n) is 1.43. The van der Waals surface area contributed by atoms with E-state index in [-0.39, 0.29) is 0 Å². The van der Waals surface area contributed by atoms with Crippen molar-refractivity contribution in [1.29, 1.82) is 0 Å². The van der Waals surface area contributed by atoms with Gasteiger partial charge in [-0.3, -0.25) is 0 Å². The summed E-state index contributed by atoms with van der Waals surface area (Å²) >= 11 is 0. The van der Waals surface area contributed by atoms with Crippen molar-refractivity contribution in [2.24, 2.45) is 18.0 Å². The fourth-order valence-corrected chi connectivity index (χ4v) is 1.43. The van der Waals surface area contributed by atoms with Crippen LogP contribution in [0.15, 0.2) is 17.5 Å². The van der Waals surface area contributed by atoms with Crippen molar-refractivity contribution in [2.45, 2.75) is 19.9 Å². The first kappa shape index (κ1) is 9.24. The molecule has 1 aliphatic rings. The maximum atomic E-state index is 5.54. The zero-order valence-corrected chi connectivity index (χ0v) is 8.77. The first-order valence-electron chi connectivity index (χ1n) is 4.85. The van der Waals surface area contributed by atoms with Crippen LogP contribution in [0.3, 0.4) is 0 Å². The lowest BCUT2D eigenvalue weighted by molar-refractivity contribution is 0.291. The molecule has 0 bridgehead atoms. The maximum Gasteiger partial charge on any atom is 0.235 e. The number of hydrogen-bond donors (Lipinski definition) is 0. The number of ether oxygens (including phenoxy) is 1. The molecule has 2 heterocycles. The average Bonchev–Trinajstić information content (AvgIpc) is 2.71. The quantitative estimate of drug-likeness (QED) is 0.708. The van der Waals surface area contributed by atoms with Gasteiger partial charge in [-0.1, -0.05) is 13.8 Å². The Morgan fingerprint density at radius 1 is 1.57 bits per heavy atom. The van der Waals surface area contributed by atoms with E-state index in [1.807, 2.05) is 11.6 Å². The highest BCUT2D eigenvalue weighted by Gasteiger charge is 2.23. The lowest BCUT2D eigenvalue weighted by atomic mass is 10.1. The van der Waals surface area contributed by atoms with Gasteiger partial charge in [-0.2, -0.15) is 0 Å². The molecular weight excluding hydrogens is 178 g/mol. The van der Waals surface area contributed by atoms with Crippen molar-refractivity contribution >= 4 is 5.90 Å². The second kappa shape index (κ2) is 3.44. The minimum Gasteiger partial charge on any atom is -0.474 e. The second-order valence-corrected chi connectivity index (χ2v) is 3.95. The predicted octanol–water partition coefficient (Wildman–Crippen LogP) is 1.22. The third kappa shape index (κ3) is 1.52. The summed E-state index contributed by atoms with van der Waals surface area (Å²) in [5, 5.41) is 0. The molecule has 0 N–H and O–H groups in total. The molecule has 1 atom stereocenters. The number of aliphatic imine (C=N–C) groups is 1. The van der Waals surface area contributed by atoms with Crippen LogP contribution < -0.4 is 0 Å². The minimum absolute atomic E-state index is 0.292. The van der Waals surface area contributed by atoms with E-state index in [9.17, 15) is 0 Å². The Hall–Kier alpha value is -1.32. The summed E-state index contributed by atoms with van der Waals surface area (Å²) in [6.07, 6.45) is 3.53. The molecule has 0 saturated carbocycles. The van der Waals surface area contributed by atoms with E-state index >= 15 is 0 Å². The lowest BCUT2D eigenvalue weighted by Crippen LogP contribution is -2.13. The van der Waals surface area contributed by atoms with Crippen molar-refractivity contribution < 1.29 is 4.74 Å². The molecule has 0 amide bonds. The summed E-state index contributed by atoms with van der Waals surface area (Å²) < 4.78 is 7.46. The number of hydrogen-bond acceptors (Lipinski definition) is 3. The summed E-state index contributed by atoms with van der Waals surface area (Å²) in [6, 6.07) is 0.292. The monoisotopic (exact) mass is 193 g/mol. The standard InChI is InChI=1S/C10H15N3O/c1-7(2)8-5-14-10(12-8)9-4-11-6-13(9)3/h4,6-8H,5H2,1-3H3/t8-/m1/s1. The molecule has 1 aromatic rings. The van der Waals surface area contributed by atoms with Crippen LogP contribution in [0.5, 0.6) is 0 Å². The van der Waals surface area contributed by atoms with Crippen LogP contribution in [0.2, 0.25) is 0 Å². The summed E-state index contributed by atoms with van der Waals surface area (Å²) in [7, 11) is 1.94. The van der Waals surface area contributed by atoms with Gasteiger partial charge >= 0.3 is 0 Å². The van der Waals surface area contributed by atoms with Gasteiger partial charge in [-0.05, 0) is 5.92 Å². The maximum absolute atomic E-state index is 5.54. The smallest absolute Gasteiger partial charge is 0.235 e. The molecule has 0 saturated heterocycles. The third-order valence-corrected chi connectivity index (χ3v) is 2.48. The summed E-state index contributed by atoms with van der Waals surface area (Å²) in [6.45, 7) is 5.01. The molecule has 0 radical (unpaired) electrons. The van der Waals surface area contributed by atoms with Crippen molar-refractivity contribution in [3.8, 4) is 0 Å². The van der Waals surface area contributed by atoms with Crippen LogP contribution in [0.4, 0.5) is 0 Å². The highest BCUT2D eigenvalue weighted by Crippen LogP contribution is 2.16. The van der Waals surface area contributed by atoms with E-state index in [2.05, 4.69) is 23.8 Å². The molecule has 2 rings (SSSR count). The normalized spacial score (nSPS) is 21.1. The van der Waals surface area contributed by atoms with Crippen LogP contribution in [-0.2, 0) is 11.8 Å². The van der Waals surface area contributed by atoms with Gasteiger partial charge in [-0.25, -0.2) is 9.98 Å². The van der Waals surface area contributed by atoms with E-state index in [1.54, 1.807) is 12.5 Å². The van der Waals surface area contributed by atoms with Gasteiger partial charge in [0.1, 0.15) is 12.3 Å². The topological polar surface area (TPSA) is 39.4 Å². The number of nitrogens with zero attached hydrogens (tertiary/aromatic N) is 3. The molecule has 14 heavy (non-hydrogen) atoms. The predicted molar refractivity (Wildman–Crippen MR) is 54.3 cm³/mol. The molecular formula is C10H15N3O. The van der Waals surface area contributed by atoms with Gasteiger partial charge in [0.15, 0.2) is 0 Å². The molecule has 0 unspecified atom stereocenters. The molecule has 4 heteroatoms. The van der Waals surface area contributed by atoms with Crippen molar-refractivity contribution in [3.63, 3.8) is 0 Å². The Morgan fingerprint density at radius 3 is 2.86 bits per heavy atom. The Kier molecular flexibility index (Phi) is 2.27. The van der Waals surface area contributed by atoms with Crippen molar-refractivity contribution in [2.75, 3.05) is 6.61 Å². The van der Waals surface area contributed by atoms with E-state index in [0.717, 1.165) is 11.6 Å². The number of aromatic nitrogens is 2. The molecule has 4 nitrogen and oxygen atoms in total. The third-order valence-electron chi connectivity index (χ3n) is 2.48. The Morgan fingerprint density at radius 2 is 2.36 bits per heavy atom. The number of aryl methyl sites for hydroxylation is 1. The highest BCUT2D eigenvalue weighted by molar-refractivity contribution is 5.93. The second-order valence-electron chi connectivity index (χ2n) is 3.95. The molecule has 0 spiro atoms. The molecule has 76 valence electrons. The Bertz CT molecular complexity index is 354. The first-order chi connectivity index (χ1) is 6.68. The fraction of sp³-hybridized carbons (Fsp3) is 0.600. The molecule has 1 aromatic heterocycles. The lowest BCUT2D eigenvalue weighted by Gasteiger charge is -2.06. The first-order valence-corrected chi connectivity index (χ1v) is 4.85. The molecule has 0 aromatic carbocycles. The average molecular weight is 193 g/mol. The van der Waals surface area contributed by atoms with Crippen molar-refractivity contribution in [1.82, 2.24) is 9.55 Å². The van der Waals surface area contributed by atoms with Crippen LogP contribution in [0, 0.1) is 5.92 Å². The van der Waals surface area contributed by atoms with Crippen LogP contribution >= 0.6 is 0 Å². The van der Waals surface area contributed by atoms with Crippen LogP contribution in [-0.4, -0.2) is 28.1 Å². The molecule has 0 aliphatic carbocycles. The SMILES string of the molecule is CC(C)[C@H]1COC(c2cncn2C)=N1. The van der Waals surface area contributed by atoms with Gasteiger partial charge in [0.25, 0.3) is 0 Å². The van der Waals surface area contributed by atoms with Gasteiger partial charge in [0.2, 0.25) is 5.90 Å². The molecule has 1 aliphatic heterocycles. The van der Waals surface area contributed by atoms with Crippen LogP contribution in [0.25, 0.3) is 0 Å². The number of rotatable bonds is 2. The zero-order valence-electron chi connectivity index (χ0n) is 8.77. The molecule has 0 fully saturated rings. The van der Waals surface area contributed by atoms with Gasteiger partial charge < -0.3 is 9.30 Å². The summed E-state index contributed by atoms with van der Waals surface area (Å²) in [4.78, 5) is 8.56. The summed E-state index contributed by atoms with van der Waals surface area (Å²) in [5.74, 6) is 1.25. The number of imidazole rings is 1. The van der Waals surface area contributed by atoms with E-state index in [1.165, 1.54) is 0 Å². The largest absolute Gasteiger partial charge is 0.474 e. The van der Waals surface area contributed by atoms with E-state index in [0.29, 0.717) is 18.6 Å². The van der Waals surface area contributed by atoms with Gasteiger partial charge in [0, 0.05) is 7.05 Å². The minimum atomic E-state index is 0.292. The van der Waals surface area contributed by atoms with E-state index in [4.69, 9.17) is 4.74 Å². The Labute approximate surface area is 83.6 Å². The van der Waals surface area contributed by atoms with Crippen molar-refractivity contribution in [3.05, 3.63) is 18.2 Å². The highest BCUT2D eigenvalue weighted by atomic mass is 16.5. The van der Waals surface area contributed by atoms with Crippen LogP contribution in [0.1, 0.15) is 19.5 Å².